The highest BCUT2D eigenvalue weighted by atomic mass is 15.3. The molecule has 30 heavy (non-hydrogen) atoms. The molecule has 4 aliphatic carbocycles. The number of hydrogen-bond donors (Lipinski definition) is 0. The minimum Gasteiger partial charge on any atom is -0.272 e. The van der Waals surface area contributed by atoms with Crippen molar-refractivity contribution in [3.05, 3.63) is 17.0 Å². The van der Waals surface area contributed by atoms with E-state index in [2.05, 4.69) is 46.3 Å². The van der Waals surface area contributed by atoms with Crippen molar-refractivity contribution in [3.63, 3.8) is 0 Å². The molecule has 0 bridgehead atoms. The lowest BCUT2D eigenvalue weighted by atomic mass is 9.47. The summed E-state index contributed by atoms with van der Waals surface area (Å²) in [5.41, 5.74) is 5.76. The average molecular weight is 411 g/mol. The molecule has 4 aliphatic rings. The Kier molecular flexibility index (Phi) is 5.18. The fourth-order valence-electron chi connectivity index (χ4n) is 9.44. The Labute approximate surface area is 185 Å². The van der Waals surface area contributed by atoms with Gasteiger partial charge in [-0.25, -0.2) is 0 Å². The molecule has 2 saturated carbocycles. The summed E-state index contributed by atoms with van der Waals surface area (Å²) in [6.45, 7) is 12.7. The third-order valence-corrected chi connectivity index (χ3v) is 10.8. The minimum atomic E-state index is 0.405. The van der Waals surface area contributed by atoms with Crippen molar-refractivity contribution < 1.29 is 0 Å². The van der Waals surface area contributed by atoms with Crippen LogP contribution in [0.15, 0.2) is 0 Å². The Balaban J connectivity index is 1.41. The van der Waals surface area contributed by atoms with Crippen LogP contribution >= 0.6 is 0 Å². The van der Waals surface area contributed by atoms with E-state index in [-0.39, 0.29) is 0 Å². The highest BCUT2D eigenvalue weighted by Crippen LogP contribution is 2.66. The van der Waals surface area contributed by atoms with Crippen LogP contribution in [0, 0.1) is 40.9 Å². The Morgan fingerprint density at radius 1 is 1.03 bits per heavy atom. The van der Waals surface area contributed by atoms with Crippen molar-refractivity contribution in [2.45, 2.75) is 111 Å². The quantitative estimate of drug-likeness (QED) is 0.506. The number of hydrogen-bond acceptors (Lipinski definition) is 1. The molecular weight excluding hydrogens is 364 g/mol. The van der Waals surface area contributed by atoms with Gasteiger partial charge in [-0.2, -0.15) is 5.10 Å². The van der Waals surface area contributed by atoms with Gasteiger partial charge in [-0.05, 0) is 97.7 Å². The number of aromatic nitrogens is 2. The maximum Gasteiger partial charge on any atom is 0.0668 e. The first-order valence-electron chi connectivity index (χ1n) is 13.3. The standard InChI is InChI=1S/C28H46N2/c1-18(2)9-7-10-19(3)21-12-13-22-20-17-24-26-25(30(6)29-24)11-8-15-28(26,5)23(20)14-16-27(21,22)4/h18-23H,7-17H2,1-6H3. The molecule has 0 aliphatic heterocycles. The smallest absolute Gasteiger partial charge is 0.0668 e. The zero-order valence-electron chi connectivity index (χ0n) is 20.6. The van der Waals surface area contributed by atoms with Gasteiger partial charge in [0, 0.05) is 18.3 Å². The maximum absolute atomic E-state index is 5.11. The lowest BCUT2D eigenvalue weighted by Crippen LogP contribution is -2.52. The first-order chi connectivity index (χ1) is 14.3. The van der Waals surface area contributed by atoms with Crippen molar-refractivity contribution in [1.29, 1.82) is 0 Å². The summed E-state index contributed by atoms with van der Waals surface area (Å²) in [5.74, 6) is 5.44. The fraction of sp³-hybridized carbons (Fsp3) is 0.893. The molecule has 0 amide bonds. The molecule has 1 aromatic heterocycles. The predicted octanol–water partition coefficient (Wildman–Crippen LogP) is 7.09. The molecule has 0 N–H and O–H groups in total. The SMILES string of the molecule is CC(C)CCCC(C)C1CCC2C3Cc4nn(C)c5c4C(C)(CCC5)C3CCC12C. The summed E-state index contributed by atoms with van der Waals surface area (Å²) < 4.78 is 2.26. The van der Waals surface area contributed by atoms with Crippen LogP contribution in [-0.4, -0.2) is 9.78 Å². The highest BCUT2D eigenvalue weighted by Gasteiger charge is 2.60. The molecule has 7 unspecified atom stereocenters. The topological polar surface area (TPSA) is 17.8 Å². The van der Waals surface area contributed by atoms with E-state index in [1.807, 2.05) is 0 Å². The number of aryl methyl sites for hydroxylation is 1. The fourth-order valence-corrected chi connectivity index (χ4v) is 9.44. The maximum atomic E-state index is 5.11. The van der Waals surface area contributed by atoms with Crippen molar-refractivity contribution in [2.24, 2.45) is 48.0 Å². The molecule has 0 radical (unpaired) electrons. The van der Waals surface area contributed by atoms with E-state index in [0.717, 1.165) is 35.5 Å². The van der Waals surface area contributed by atoms with Crippen molar-refractivity contribution in [3.8, 4) is 0 Å². The van der Waals surface area contributed by atoms with Gasteiger partial charge in [0.25, 0.3) is 0 Å². The summed E-state index contributed by atoms with van der Waals surface area (Å²) in [6, 6.07) is 0. The molecule has 0 aromatic carbocycles. The van der Waals surface area contributed by atoms with Gasteiger partial charge in [0.15, 0.2) is 0 Å². The Hall–Kier alpha value is -0.790. The lowest BCUT2D eigenvalue weighted by molar-refractivity contribution is -0.0386. The van der Waals surface area contributed by atoms with E-state index in [1.165, 1.54) is 76.3 Å². The third kappa shape index (κ3) is 2.98. The van der Waals surface area contributed by atoms with E-state index in [0.29, 0.717) is 10.8 Å². The Morgan fingerprint density at radius 2 is 1.83 bits per heavy atom. The zero-order valence-corrected chi connectivity index (χ0v) is 20.6. The number of nitrogens with zero attached hydrogens (tertiary/aromatic N) is 2. The summed E-state index contributed by atoms with van der Waals surface area (Å²) in [4.78, 5) is 0. The van der Waals surface area contributed by atoms with E-state index in [4.69, 9.17) is 5.10 Å². The average Bonchev–Trinajstić information content (AvgIpc) is 3.20. The van der Waals surface area contributed by atoms with Gasteiger partial charge < -0.3 is 0 Å². The summed E-state index contributed by atoms with van der Waals surface area (Å²) in [7, 11) is 2.21. The highest BCUT2D eigenvalue weighted by molar-refractivity contribution is 5.41. The van der Waals surface area contributed by atoms with Crippen LogP contribution in [0.4, 0.5) is 0 Å². The van der Waals surface area contributed by atoms with E-state index < -0.39 is 0 Å². The second-order valence-corrected chi connectivity index (χ2v) is 12.8. The normalized spacial score (nSPS) is 40.8. The molecular formula is C28H46N2. The van der Waals surface area contributed by atoms with Gasteiger partial charge in [0.05, 0.1) is 5.69 Å². The van der Waals surface area contributed by atoms with E-state index >= 15 is 0 Å². The minimum absolute atomic E-state index is 0.405. The molecule has 5 rings (SSSR count). The molecule has 2 nitrogen and oxygen atoms in total. The van der Waals surface area contributed by atoms with E-state index in [1.54, 1.807) is 11.3 Å². The van der Waals surface area contributed by atoms with Crippen LogP contribution in [0.3, 0.4) is 0 Å². The van der Waals surface area contributed by atoms with Gasteiger partial charge in [0.2, 0.25) is 0 Å². The van der Waals surface area contributed by atoms with Gasteiger partial charge >= 0.3 is 0 Å². The van der Waals surface area contributed by atoms with Crippen LogP contribution < -0.4 is 0 Å². The van der Waals surface area contributed by atoms with Crippen molar-refractivity contribution >= 4 is 0 Å². The molecule has 1 heterocycles. The Morgan fingerprint density at radius 3 is 2.60 bits per heavy atom. The van der Waals surface area contributed by atoms with Crippen LogP contribution in [0.25, 0.3) is 0 Å². The lowest BCUT2D eigenvalue weighted by Gasteiger charge is -2.57. The second-order valence-electron chi connectivity index (χ2n) is 12.8. The van der Waals surface area contributed by atoms with Crippen LogP contribution in [-0.2, 0) is 25.3 Å². The first kappa shape index (κ1) is 21.1. The van der Waals surface area contributed by atoms with Gasteiger partial charge in [-0.1, -0.05) is 53.9 Å². The molecule has 0 saturated heterocycles. The van der Waals surface area contributed by atoms with Crippen LogP contribution in [0.1, 0.15) is 109 Å². The van der Waals surface area contributed by atoms with Crippen molar-refractivity contribution in [1.82, 2.24) is 9.78 Å². The first-order valence-corrected chi connectivity index (χ1v) is 13.3. The second kappa shape index (κ2) is 7.38. The third-order valence-electron chi connectivity index (χ3n) is 10.8. The van der Waals surface area contributed by atoms with Crippen molar-refractivity contribution in [2.75, 3.05) is 0 Å². The number of fused-ring (bicyclic) bond motifs is 4. The van der Waals surface area contributed by atoms with Gasteiger partial charge in [-0.3, -0.25) is 4.68 Å². The monoisotopic (exact) mass is 410 g/mol. The largest absolute Gasteiger partial charge is 0.272 e. The zero-order chi connectivity index (χ0) is 21.3. The molecule has 2 heteroatoms. The molecule has 7 atom stereocenters. The summed E-state index contributed by atoms with van der Waals surface area (Å²) in [5, 5.41) is 5.11. The number of rotatable bonds is 5. The Bertz CT molecular complexity index is 791. The molecule has 1 aromatic rings. The molecule has 2 fully saturated rings. The predicted molar refractivity (Wildman–Crippen MR) is 126 cm³/mol. The van der Waals surface area contributed by atoms with E-state index in [9.17, 15) is 0 Å². The molecule has 168 valence electrons. The van der Waals surface area contributed by atoms with Crippen LogP contribution in [0.5, 0.6) is 0 Å². The van der Waals surface area contributed by atoms with Gasteiger partial charge in [-0.15, -0.1) is 0 Å². The summed E-state index contributed by atoms with van der Waals surface area (Å²) >= 11 is 0. The summed E-state index contributed by atoms with van der Waals surface area (Å²) in [6.07, 6.45) is 15.5. The van der Waals surface area contributed by atoms with Gasteiger partial charge in [0.1, 0.15) is 0 Å². The molecule has 0 spiro atoms. The van der Waals surface area contributed by atoms with Crippen LogP contribution in [0.2, 0.25) is 0 Å².